The van der Waals surface area contributed by atoms with Crippen molar-refractivity contribution < 1.29 is 19.7 Å². The van der Waals surface area contributed by atoms with Crippen LogP contribution in [0, 0.1) is 12.8 Å². The maximum Gasteiger partial charge on any atom is 0.150 e. The zero-order valence-corrected chi connectivity index (χ0v) is 21.5. The summed E-state index contributed by atoms with van der Waals surface area (Å²) in [6.07, 6.45) is 0.934. The number of nitrogens with zero attached hydrogens (tertiary/aromatic N) is 1. The minimum atomic E-state index is -0.329. The van der Waals surface area contributed by atoms with Gasteiger partial charge in [0.25, 0.3) is 0 Å². The molecule has 2 unspecified atom stereocenters. The fourth-order valence-electron chi connectivity index (χ4n) is 5.30. The Morgan fingerprint density at radius 1 is 1.03 bits per heavy atom. The largest absolute Gasteiger partial charge is 0.508 e. The minimum absolute atomic E-state index is 0.204. The lowest BCUT2D eigenvalue weighted by Crippen LogP contribution is -2.35. The molecule has 5 rings (SSSR count). The average molecular weight is 486 g/mol. The molecule has 0 aromatic heterocycles. The summed E-state index contributed by atoms with van der Waals surface area (Å²) in [5.74, 6) is 2.82. The SMILES string of the molecule is CC1=C(c2ccc(O)c(C)c2)C(c2ccc(OCC(C)N3CC[C@@H](C)C3)cc2)Oc2ccc(O)cc21. The van der Waals surface area contributed by atoms with E-state index in [0.717, 1.165) is 63.9 Å². The van der Waals surface area contributed by atoms with Crippen molar-refractivity contribution in [3.63, 3.8) is 0 Å². The molecule has 0 saturated carbocycles. The van der Waals surface area contributed by atoms with Gasteiger partial charge in [0.1, 0.15) is 35.7 Å². The van der Waals surface area contributed by atoms with E-state index in [1.807, 2.05) is 37.3 Å². The Bertz CT molecular complexity index is 1280. The number of rotatable bonds is 6. The van der Waals surface area contributed by atoms with Crippen molar-refractivity contribution in [2.24, 2.45) is 5.92 Å². The van der Waals surface area contributed by atoms with Crippen molar-refractivity contribution in [1.29, 1.82) is 0 Å². The molecule has 3 atom stereocenters. The number of phenolic OH excluding ortho intramolecular Hbond substituents is 2. The molecular formula is C31H35NO4. The van der Waals surface area contributed by atoms with Gasteiger partial charge in [-0.05, 0) is 104 Å². The van der Waals surface area contributed by atoms with E-state index < -0.39 is 0 Å². The molecule has 5 nitrogen and oxygen atoms in total. The highest BCUT2D eigenvalue weighted by atomic mass is 16.5. The van der Waals surface area contributed by atoms with Crippen LogP contribution in [0.3, 0.4) is 0 Å². The fraction of sp³-hybridized carbons (Fsp3) is 0.355. The highest BCUT2D eigenvalue weighted by molar-refractivity contribution is 5.95. The van der Waals surface area contributed by atoms with Gasteiger partial charge in [0.05, 0.1) is 0 Å². The van der Waals surface area contributed by atoms with Crippen molar-refractivity contribution in [3.8, 4) is 23.0 Å². The first kappa shape index (κ1) is 24.3. The second kappa shape index (κ2) is 9.90. The number of ether oxygens (including phenoxy) is 2. The van der Waals surface area contributed by atoms with E-state index >= 15 is 0 Å². The van der Waals surface area contributed by atoms with Crippen LogP contribution in [0.25, 0.3) is 11.1 Å². The Balaban J connectivity index is 1.42. The number of phenols is 2. The van der Waals surface area contributed by atoms with Gasteiger partial charge in [-0.15, -0.1) is 0 Å². The number of hydrogen-bond acceptors (Lipinski definition) is 5. The normalized spacial score (nSPS) is 20.7. The molecule has 0 aliphatic carbocycles. The molecule has 2 N–H and O–H groups in total. The molecule has 188 valence electrons. The van der Waals surface area contributed by atoms with E-state index in [4.69, 9.17) is 9.47 Å². The predicted octanol–water partition coefficient (Wildman–Crippen LogP) is 6.58. The second-order valence-electron chi connectivity index (χ2n) is 10.3. The number of allylic oxidation sites excluding steroid dienone is 1. The van der Waals surface area contributed by atoms with Gasteiger partial charge in [-0.2, -0.15) is 0 Å². The van der Waals surface area contributed by atoms with Crippen molar-refractivity contribution in [2.45, 2.75) is 46.3 Å². The number of aromatic hydroxyl groups is 2. The molecule has 0 radical (unpaired) electrons. The number of benzene rings is 3. The van der Waals surface area contributed by atoms with Crippen LogP contribution in [0.15, 0.2) is 60.7 Å². The molecule has 3 aromatic rings. The van der Waals surface area contributed by atoms with Gasteiger partial charge in [-0.1, -0.05) is 25.1 Å². The van der Waals surface area contributed by atoms with Crippen LogP contribution in [0.5, 0.6) is 23.0 Å². The number of likely N-dealkylation sites (tertiary alicyclic amines) is 1. The lowest BCUT2D eigenvalue weighted by molar-refractivity contribution is 0.169. The topological polar surface area (TPSA) is 62.2 Å². The average Bonchev–Trinajstić information content (AvgIpc) is 3.31. The maximum atomic E-state index is 10.1. The third-order valence-electron chi connectivity index (χ3n) is 7.54. The Hall–Kier alpha value is -3.44. The number of hydrogen-bond donors (Lipinski definition) is 2. The van der Waals surface area contributed by atoms with Crippen molar-refractivity contribution in [2.75, 3.05) is 19.7 Å². The quantitative estimate of drug-likeness (QED) is 0.413. The molecule has 36 heavy (non-hydrogen) atoms. The summed E-state index contributed by atoms with van der Waals surface area (Å²) in [5, 5.41) is 20.2. The molecule has 2 heterocycles. The molecule has 2 aliphatic rings. The van der Waals surface area contributed by atoms with E-state index in [-0.39, 0.29) is 17.6 Å². The zero-order chi connectivity index (χ0) is 25.4. The zero-order valence-electron chi connectivity index (χ0n) is 21.5. The Morgan fingerprint density at radius 3 is 2.50 bits per heavy atom. The lowest BCUT2D eigenvalue weighted by atomic mass is 9.85. The fourth-order valence-corrected chi connectivity index (χ4v) is 5.30. The molecular weight excluding hydrogens is 450 g/mol. The Labute approximate surface area is 213 Å². The van der Waals surface area contributed by atoms with E-state index in [1.165, 1.54) is 6.42 Å². The maximum absolute atomic E-state index is 10.1. The summed E-state index contributed by atoms with van der Waals surface area (Å²) in [4.78, 5) is 2.50. The highest BCUT2D eigenvalue weighted by Crippen LogP contribution is 2.47. The molecule has 0 spiro atoms. The van der Waals surface area contributed by atoms with E-state index in [9.17, 15) is 10.2 Å². The highest BCUT2D eigenvalue weighted by Gasteiger charge is 2.30. The standard InChI is InChI=1S/C31H35NO4/c1-19-13-14-32(17-19)21(3)18-35-26-9-5-23(6-10-26)31-30(24-7-11-28(34)20(2)15-24)22(4)27-16-25(33)8-12-29(27)36-31/h5-12,15-16,19,21,31,33-34H,13-14,17-18H2,1-4H3/t19-,21?,31?/m1/s1. The van der Waals surface area contributed by atoms with Crippen LogP contribution in [0.4, 0.5) is 0 Å². The molecule has 2 aliphatic heterocycles. The van der Waals surface area contributed by atoms with E-state index in [2.05, 4.69) is 37.8 Å². The summed E-state index contributed by atoms with van der Waals surface area (Å²) in [6, 6.07) is 19.4. The van der Waals surface area contributed by atoms with Crippen LogP contribution < -0.4 is 9.47 Å². The van der Waals surface area contributed by atoms with Crippen LogP contribution in [-0.2, 0) is 0 Å². The Morgan fingerprint density at radius 2 is 1.81 bits per heavy atom. The monoisotopic (exact) mass is 485 g/mol. The first-order valence-electron chi connectivity index (χ1n) is 12.8. The predicted molar refractivity (Wildman–Crippen MR) is 144 cm³/mol. The molecule has 0 amide bonds. The van der Waals surface area contributed by atoms with Crippen molar-refractivity contribution >= 4 is 11.1 Å². The Kier molecular flexibility index (Phi) is 6.67. The molecule has 0 bridgehead atoms. The van der Waals surface area contributed by atoms with Crippen LogP contribution in [-0.4, -0.2) is 40.9 Å². The molecule has 3 aromatic carbocycles. The summed E-state index contributed by atoms with van der Waals surface area (Å²) in [6.45, 7) is 11.5. The summed E-state index contributed by atoms with van der Waals surface area (Å²) >= 11 is 0. The van der Waals surface area contributed by atoms with Crippen LogP contribution >= 0.6 is 0 Å². The van der Waals surface area contributed by atoms with Gasteiger partial charge in [0.15, 0.2) is 0 Å². The van der Waals surface area contributed by atoms with Crippen molar-refractivity contribution in [1.82, 2.24) is 4.90 Å². The molecule has 1 saturated heterocycles. The third-order valence-corrected chi connectivity index (χ3v) is 7.54. The summed E-state index contributed by atoms with van der Waals surface area (Å²) in [7, 11) is 0. The van der Waals surface area contributed by atoms with Gasteiger partial charge in [0, 0.05) is 23.7 Å². The van der Waals surface area contributed by atoms with Gasteiger partial charge >= 0.3 is 0 Å². The summed E-state index contributed by atoms with van der Waals surface area (Å²) < 4.78 is 12.7. The van der Waals surface area contributed by atoms with Gasteiger partial charge < -0.3 is 19.7 Å². The van der Waals surface area contributed by atoms with Crippen LogP contribution in [0.1, 0.15) is 55.5 Å². The van der Waals surface area contributed by atoms with Crippen LogP contribution in [0.2, 0.25) is 0 Å². The smallest absolute Gasteiger partial charge is 0.150 e. The van der Waals surface area contributed by atoms with Gasteiger partial charge in [-0.25, -0.2) is 0 Å². The lowest BCUT2D eigenvalue weighted by Gasteiger charge is -2.31. The molecule has 5 heteroatoms. The number of fused-ring (bicyclic) bond motifs is 1. The second-order valence-corrected chi connectivity index (χ2v) is 10.3. The van der Waals surface area contributed by atoms with Crippen molar-refractivity contribution in [3.05, 3.63) is 82.9 Å². The van der Waals surface area contributed by atoms with Gasteiger partial charge in [0.2, 0.25) is 0 Å². The third kappa shape index (κ3) is 4.80. The van der Waals surface area contributed by atoms with E-state index in [1.54, 1.807) is 18.2 Å². The summed E-state index contributed by atoms with van der Waals surface area (Å²) in [5.41, 5.74) is 5.73. The van der Waals surface area contributed by atoms with E-state index in [0.29, 0.717) is 12.6 Å². The molecule has 1 fully saturated rings. The number of aryl methyl sites for hydroxylation is 1. The van der Waals surface area contributed by atoms with Gasteiger partial charge in [-0.3, -0.25) is 4.90 Å². The first-order valence-corrected chi connectivity index (χ1v) is 12.8. The first-order chi connectivity index (χ1) is 17.3. The minimum Gasteiger partial charge on any atom is -0.508 e.